The zero-order valence-electron chi connectivity index (χ0n) is 6.65. The topological polar surface area (TPSA) is 62.3 Å². The highest BCUT2D eigenvalue weighted by Gasteiger charge is 2.01. The molecule has 2 aromatic rings. The number of aromatic nitrogens is 1. The smallest absolute Gasteiger partial charge is 0.299 e. The number of nitrogens with one attached hydrogen (secondary N) is 1. The molecule has 0 spiro atoms. The highest BCUT2D eigenvalue weighted by Crippen LogP contribution is 2.23. The molecule has 66 valence electrons. The zero-order chi connectivity index (χ0) is 9.26. The predicted molar refractivity (Wildman–Crippen MR) is 46.7 cm³/mol. The van der Waals surface area contributed by atoms with E-state index in [4.69, 9.17) is 5.11 Å². The van der Waals surface area contributed by atoms with Crippen molar-refractivity contribution in [1.29, 1.82) is 0 Å². The van der Waals surface area contributed by atoms with Gasteiger partial charge in [-0.15, -0.1) is 0 Å². The molecule has 2 N–H and O–H groups in total. The van der Waals surface area contributed by atoms with Crippen molar-refractivity contribution in [3.05, 3.63) is 24.3 Å². The van der Waals surface area contributed by atoms with Crippen LogP contribution in [0.5, 0.6) is 11.6 Å². The molecule has 0 atom stereocenters. The highest BCUT2D eigenvalue weighted by molar-refractivity contribution is 5.82. The third kappa shape index (κ3) is 1.33. The fraction of sp³-hybridized carbons (Fsp3) is 0. The molecule has 0 saturated carbocycles. The molecule has 0 amide bonds. The number of carbonyl (C=O) groups is 1. The second-order valence-corrected chi connectivity index (χ2v) is 2.62. The minimum atomic E-state index is 0.173. The number of rotatable bonds is 2. The van der Waals surface area contributed by atoms with E-state index in [1.165, 1.54) is 0 Å². The molecule has 2 rings (SSSR count). The maximum absolute atomic E-state index is 10.0. The molecule has 1 aromatic heterocycles. The standard InChI is InChI=1S/C9H7NO3/c11-5-13-9-3-6-1-2-7(12)4-8(6)10-9/h1-5,10,12H. The van der Waals surface area contributed by atoms with E-state index in [-0.39, 0.29) is 5.75 Å². The van der Waals surface area contributed by atoms with Gasteiger partial charge in [-0.1, -0.05) is 0 Å². The van der Waals surface area contributed by atoms with Gasteiger partial charge in [-0.3, -0.25) is 4.79 Å². The lowest BCUT2D eigenvalue weighted by atomic mass is 10.2. The highest BCUT2D eigenvalue weighted by atomic mass is 16.5. The lowest BCUT2D eigenvalue weighted by Crippen LogP contribution is -1.86. The van der Waals surface area contributed by atoms with Crippen LogP contribution in [-0.4, -0.2) is 16.6 Å². The summed E-state index contributed by atoms with van der Waals surface area (Å²) in [6.07, 6.45) is 0. The number of hydrogen-bond acceptors (Lipinski definition) is 3. The van der Waals surface area contributed by atoms with Gasteiger partial charge in [-0.05, 0) is 12.1 Å². The molecule has 0 aliphatic carbocycles. The van der Waals surface area contributed by atoms with Gasteiger partial charge in [-0.2, -0.15) is 0 Å². The van der Waals surface area contributed by atoms with Crippen molar-refractivity contribution < 1.29 is 14.6 Å². The number of ether oxygens (including phenoxy) is 1. The summed E-state index contributed by atoms with van der Waals surface area (Å²) in [5, 5.41) is 10.0. The fourth-order valence-electron chi connectivity index (χ4n) is 1.20. The van der Waals surface area contributed by atoms with Gasteiger partial charge >= 0.3 is 0 Å². The Morgan fingerprint density at radius 3 is 3.00 bits per heavy atom. The summed E-state index contributed by atoms with van der Waals surface area (Å²) in [7, 11) is 0. The Morgan fingerprint density at radius 2 is 2.23 bits per heavy atom. The van der Waals surface area contributed by atoms with Crippen LogP contribution in [0.15, 0.2) is 24.3 Å². The molecule has 13 heavy (non-hydrogen) atoms. The van der Waals surface area contributed by atoms with E-state index in [1.807, 2.05) is 0 Å². The summed E-state index contributed by atoms with van der Waals surface area (Å²) in [4.78, 5) is 12.9. The Balaban J connectivity index is 2.55. The van der Waals surface area contributed by atoms with Crippen molar-refractivity contribution in [2.75, 3.05) is 0 Å². The Kier molecular flexibility index (Phi) is 1.66. The van der Waals surface area contributed by atoms with Crippen LogP contribution < -0.4 is 4.74 Å². The lowest BCUT2D eigenvalue weighted by Gasteiger charge is -1.90. The number of phenolic OH excluding ortho intramolecular Hbond substituents is 1. The number of aromatic amines is 1. The lowest BCUT2D eigenvalue weighted by molar-refractivity contribution is -0.120. The summed E-state index contributed by atoms with van der Waals surface area (Å²) in [5.41, 5.74) is 0.733. The molecular formula is C9H7NO3. The second-order valence-electron chi connectivity index (χ2n) is 2.62. The Labute approximate surface area is 73.8 Å². The van der Waals surface area contributed by atoms with Gasteiger partial charge in [0.15, 0.2) is 0 Å². The van der Waals surface area contributed by atoms with Crippen LogP contribution in [-0.2, 0) is 4.79 Å². The first-order chi connectivity index (χ1) is 6.29. The van der Waals surface area contributed by atoms with Crippen molar-refractivity contribution in [2.45, 2.75) is 0 Å². The van der Waals surface area contributed by atoms with Gasteiger partial charge in [0, 0.05) is 17.5 Å². The number of aromatic hydroxyl groups is 1. The Bertz CT molecular complexity index is 447. The van der Waals surface area contributed by atoms with Crippen molar-refractivity contribution in [2.24, 2.45) is 0 Å². The first-order valence-corrected chi connectivity index (χ1v) is 3.71. The Hall–Kier alpha value is -1.97. The van der Waals surface area contributed by atoms with Crippen molar-refractivity contribution in [3.63, 3.8) is 0 Å². The van der Waals surface area contributed by atoms with Crippen LogP contribution in [0.3, 0.4) is 0 Å². The van der Waals surface area contributed by atoms with Crippen molar-refractivity contribution in [3.8, 4) is 11.6 Å². The molecular weight excluding hydrogens is 170 g/mol. The van der Waals surface area contributed by atoms with Gasteiger partial charge in [0.25, 0.3) is 6.47 Å². The number of phenols is 1. The molecule has 1 heterocycles. The normalized spacial score (nSPS) is 10.2. The van der Waals surface area contributed by atoms with E-state index in [0.29, 0.717) is 12.4 Å². The molecule has 0 unspecified atom stereocenters. The van der Waals surface area contributed by atoms with E-state index in [2.05, 4.69) is 9.72 Å². The number of fused-ring (bicyclic) bond motifs is 1. The monoisotopic (exact) mass is 177 g/mol. The zero-order valence-corrected chi connectivity index (χ0v) is 6.65. The van der Waals surface area contributed by atoms with E-state index in [1.54, 1.807) is 24.3 Å². The fourth-order valence-corrected chi connectivity index (χ4v) is 1.20. The average molecular weight is 177 g/mol. The minimum absolute atomic E-state index is 0.173. The van der Waals surface area contributed by atoms with E-state index in [9.17, 15) is 4.79 Å². The van der Waals surface area contributed by atoms with Gasteiger partial charge in [0.2, 0.25) is 5.88 Å². The van der Waals surface area contributed by atoms with Crippen LogP contribution >= 0.6 is 0 Å². The van der Waals surface area contributed by atoms with Gasteiger partial charge in [0.1, 0.15) is 5.75 Å². The maximum atomic E-state index is 10.0. The van der Waals surface area contributed by atoms with Gasteiger partial charge in [-0.25, -0.2) is 0 Å². The largest absolute Gasteiger partial charge is 0.508 e. The van der Waals surface area contributed by atoms with Crippen molar-refractivity contribution in [1.82, 2.24) is 4.98 Å². The summed E-state index contributed by atoms with van der Waals surface area (Å²) >= 11 is 0. The molecule has 1 aromatic carbocycles. The van der Waals surface area contributed by atoms with Crippen LogP contribution in [0.4, 0.5) is 0 Å². The third-order valence-corrected chi connectivity index (χ3v) is 1.76. The molecule has 0 fully saturated rings. The SMILES string of the molecule is O=COc1cc2ccc(O)cc2[nH]1. The van der Waals surface area contributed by atoms with Gasteiger partial charge < -0.3 is 14.8 Å². The van der Waals surface area contributed by atoms with E-state index >= 15 is 0 Å². The molecule has 0 bridgehead atoms. The molecule has 4 heteroatoms. The van der Waals surface area contributed by atoms with Gasteiger partial charge in [0.05, 0.1) is 5.52 Å². The summed E-state index contributed by atoms with van der Waals surface area (Å²) in [5.74, 6) is 0.544. The maximum Gasteiger partial charge on any atom is 0.299 e. The summed E-state index contributed by atoms with van der Waals surface area (Å²) in [6.45, 7) is 0.352. The average Bonchev–Trinajstić information content (AvgIpc) is 2.46. The Morgan fingerprint density at radius 1 is 1.38 bits per heavy atom. The van der Waals surface area contributed by atoms with Crippen LogP contribution in [0.1, 0.15) is 0 Å². The van der Waals surface area contributed by atoms with E-state index in [0.717, 1.165) is 10.9 Å². The molecule has 0 radical (unpaired) electrons. The number of benzene rings is 1. The summed E-state index contributed by atoms with van der Waals surface area (Å²) < 4.78 is 4.61. The molecule has 0 aliphatic heterocycles. The molecule has 0 aliphatic rings. The quantitative estimate of drug-likeness (QED) is 0.681. The molecule has 4 nitrogen and oxygen atoms in total. The van der Waals surface area contributed by atoms with Crippen LogP contribution in [0.2, 0.25) is 0 Å². The number of hydrogen-bond donors (Lipinski definition) is 2. The second kappa shape index (κ2) is 2.82. The van der Waals surface area contributed by atoms with E-state index < -0.39 is 0 Å². The third-order valence-electron chi connectivity index (χ3n) is 1.76. The number of H-pyrrole nitrogens is 1. The summed E-state index contributed by atoms with van der Waals surface area (Å²) in [6, 6.07) is 6.55. The van der Waals surface area contributed by atoms with Crippen LogP contribution in [0, 0.1) is 0 Å². The number of carbonyl (C=O) groups excluding carboxylic acids is 1. The van der Waals surface area contributed by atoms with Crippen LogP contribution in [0.25, 0.3) is 10.9 Å². The predicted octanol–water partition coefficient (Wildman–Crippen LogP) is 1.41. The first kappa shape index (κ1) is 7.67. The first-order valence-electron chi connectivity index (χ1n) is 3.71. The minimum Gasteiger partial charge on any atom is -0.508 e. The van der Waals surface area contributed by atoms with Crippen molar-refractivity contribution >= 4 is 17.4 Å². The molecule has 0 saturated heterocycles.